The molecule has 0 bridgehead atoms. The number of esters is 1. The molecule has 0 aromatic carbocycles. The number of unbranched alkanes of at least 4 members (excludes halogenated alkanes) is 29. The normalized spacial score (nSPS) is 19.3. The second-order valence-corrected chi connectivity index (χ2v) is 22.5. The predicted molar refractivity (Wildman–Crippen MR) is 333 cm³/mol. The van der Waals surface area contributed by atoms with Gasteiger partial charge in [0.2, 0.25) is 5.91 Å². The van der Waals surface area contributed by atoms with Gasteiger partial charge in [0.15, 0.2) is 12.4 Å². The number of carbonyl (C=O) groups excluding carboxylic acids is 2. The molecule has 8 atom stereocenters. The van der Waals surface area contributed by atoms with E-state index in [1.54, 1.807) is 6.08 Å². The van der Waals surface area contributed by atoms with Gasteiger partial charge in [0.05, 0.1) is 25.4 Å². The molecule has 0 saturated carbocycles. The first kappa shape index (κ1) is 74.9. The van der Waals surface area contributed by atoms with E-state index in [0.717, 1.165) is 77.0 Å². The largest absolute Gasteiger partial charge is 0.454 e. The number of ether oxygens (including phenoxy) is 3. The van der Waals surface area contributed by atoms with Crippen molar-refractivity contribution in [3.63, 3.8) is 0 Å². The summed E-state index contributed by atoms with van der Waals surface area (Å²) in [6.07, 6.45) is 63.4. The summed E-state index contributed by atoms with van der Waals surface area (Å²) in [6, 6.07) is -1.06. The lowest BCUT2D eigenvalue weighted by Gasteiger charge is -2.41. The second-order valence-electron chi connectivity index (χ2n) is 22.5. The fraction of sp³-hybridized carbons (Fsp3) is 0.768. The number of allylic oxidation sites excluding steroid dienone is 13. The maximum Gasteiger partial charge on any atom is 0.306 e. The Morgan fingerprint density at radius 3 is 1.31 bits per heavy atom. The molecule has 1 saturated heterocycles. The van der Waals surface area contributed by atoms with E-state index in [4.69, 9.17) is 14.2 Å². The standard InChI is InChI=1S/C69H121NO10/c1-4-7-10-13-16-19-22-25-27-29-30-31-32-33-34-35-37-39-42-45-48-51-54-57-64(74)80-67-66(76)65(75)63(58-71)79-69(67)78-59-60(61(72)55-52-49-46-43-40-24-21-18-15-12-9-6-3)70-68(77)62(73)56-53-50-47-44-41-38-36-28-26-23-20-17-14-11-8-5-2/h16-17,19-20,25-28,38,41,47,50,52,55,60-63,65-67,69,71-73,75-76H,4-15,18,21-24,29-37,39-40,42-46,48-49,51,53-54,56-59H2,1-3H3,(H,70,77)/b19-16-,20-17-,27-25-,28-26-,41-38-,50-47-,55-52+. The van der Waals surface area contributed by atoms with Crippen molar-refractivity contribution in [1.29, 1.82) is 0 Å². The van der Waals surface area contributed by atoms with Gasteiger partial charge in [-0.1, -0.05) is 260 Å². The van der Waals surface area contributed by atoms with Crippen molar-refractivity contribution in [3.8, 4) is 0 Å². The summed E-state index contributed by atoms with van der Waals surface area (Å²) >= 11 is 0. The summed E-state index contributed by atoms with van der Waals surface area (Å²) in [5.74, 6) is -1.25. The van der Waals surface area contributed by atoms with Crippen LogP contribution in [-0.4, -0.2) is 99.6 Å². The van der Waals surface area contributed by atoms with Crippen LogP contribution in [0.3, 0.4) is 0 Å². The van der Waals surface area contributed by atoms with E-state index in [2.05, 4.69) is 86.8 Å². The van der Waals surface area contributed by atoms with Crippen LogP contribution in [-0.2, 0) is 23.8 Å². The van der Waals surface area contributed by atoms with Crippen LogP contribution in [0, 0.1) is 0 Å². The number of nitrogens with one attached hydrogen (secondary N) is 1. The van der Waals surface area contributed by atoms with E-state index in [-0.39, 0.29) is 19.4 Å². The van der Waals surface area contributed by atoms with Gasteiger partial charge < -0.3 is 45.1 Å². The Bertz CT molecular complexity index is 1620. The number of hydrogen-bond acceptors (Lipinski definition) is 10. The van der Waals surface area contributed by atoms with Crippen LogP contribution in [0.5, 0.6) is 0 Å². The molecule has 1 aliphatic heterocycles. The molecular weight excluding hydrogens is 1000 g/mol. The third-order valence-corrected chi connectivity index (χ3v) is 15.0. The molecule has 462 valence electrons. The van der Waals surface area contributed by atoms with E-state index < -0.39 is 67.4 Å². The average Bonchev–Trinajstić information content (AvgIpc) is 3.46. The first-order valence-corrected chi connectivity index (χ1v) is 32.9. The molecule has 1 fully saturated rings. The predicted octanol–water partition coefficient (Wildman–Crippen LogP) is 16.1. The lowest BCUT2D eigenvalue weighted by Crippen LogP contribution is -2.61. The fourth-order valence-corrected chi connectivity index (χ4v) is 9.79. The number of carbonyl (C=O) groups is 2. The fourth-order valence-electron chi connectivity index (χ4n) is 9.79. The highest BCUT2D eigenvalue weighted by atomic mass is 16.7. The number of aliphatic hydroxyl groups excluding tert-OH is 5. The number of rotatable bonds is 55. The number of hydrogen-bond donors (Lipinski definition) is 6. The molecule has 1 aliphatic rings. The summed E-state index contributed by atoms with van der Waals surface area (Å²) in [5.41, 5.74) is 0. The van der Waals surface area contributed by atoms with Gasteiger partial charge >= 0.3 is 5.97 Å². The molecule has 11 nitrogen and oxygen atoms in total. The Morgan fingerprint density at radius 2 is 0.863 bits per heavy atom. The molecule has 0 spiro atoms. The maximum atomic E-state index is 13.4. The topological polar surface area (TPSA) is 175 Å². The van der Waals surface area contributed by atoms with Gasteiger partial charge in [-0.25, -0.2) is 0 Å². The molecule has 0 aromatic rings. The van der Waals surface area contributed by atoms with Crippen LogP contribution in [0.1, 0.15) is 278 Å². The molecule has 0 aliphatic carbocycles. The van der Waals surface area contributed by atoms with Crippen LogP contribution < -0.4 is 5.32 Å². The van der Waals surface area contributed by atoms with Gasteiger partial charge in [0, 0.05) is 6.42 Å². The van der Waals surface area contributed by atoms with Gasteiger partial charge in [-0.3, -0.25) is 9.59 Å². The highest BCUT2D eigenvalue weighted by Crippen LogP contribution is 2.26. The van der Waals surface area contributed by atoms with Gasteiger partial charge in [0.1, 0.15) is 24.4 Å². The van der Waals surface area contributed by atoms with Crippen molar-refractivity contribution in [2.24, 2.45) is 0 Å². The highest BCUT2D eigenvalue weighted by Gasteiger charge is 2.47. The average molecular weight is 1120 g/mol. The summed E-state index contributed by atoms with van der Waals surface area (Å²) in [6.45, 7) is 5.71. The minimum Gasteiger partial charge on any atom is -0.454 e. The van der Waals surface area contributed by atoms with E-state index in [9.17, 15) is 35.1 Å². The van der Waals surface area contributed by atoms with Crippen molar-refractivity contribution in [1.82, 2.24) is 5.32 Å². The Hall–Kier alpha value is -3.16. The quantitative estimate of drug-likeness (QED) is 0.0195. The molecule has 1 amide bonds. The van der Waals surface area contributed by atoms with Crippen molar-refractivity contribution in [3.05, 3.63) is 85.1 Å². The zero-order valence-corrected chi connectivity index (χ0v) is 51.2. The monoisotopic (exact) mass is 1120 g/mol. The van der Waals surface area contributed by atoms with E-state index in [1.165, 1.54) is 154 Å². The minimum atomic E-state index is -1.63. The van der Waals surface area contributed by atoms with Crippen LogP contribution in [0.25, 0.3) is 0 Å². The maximum absolute atomic E-state index is 13.4. The molecule has 1 rings (SSSR count). The van der Waals surface area contributed by atoms with Gasteiger partial charge in [0.25, 0.3) is 0 Å². The van der Waals surface area contributed by atoms with Gasteiger partial charge in [-0.2, -0.15) is 0 Å². The van der Waals surface area contributed by atoms with Gasteiger partial charge in [-0.15, -0.1) is 0 Å². The smallest absolute Gasteiger partial charge is 0.306 e. The van der Waals surface area contributed by atoms with E-state index in [1.807, 2.05) is 18.2 Å². The van der Waals surface area contributed by atoms with E-state index >= 15 is 0 Å². The Kier molecular flexibility index (Phi) is 52.7. The lowest BCUT2D eigenvalue weighted by molar-refractivity contribution is -0.305. The zero-order valence-electron chi connectivity index (χ0n) is 51.2. The molecule has 0 radical (unpaired) electrons. The molecule has 11 heteroatoms. The summed E-state index contributed by atoms with van der Waals surface area (Å²) in [5, 5.41) is 57.0. The minimum absolute atomic E-state index is 0.114. The van der Waals surface area contributed by atoms with Crippen molar-refractivity contribution >= 4 is 11.9 Å². The van der Waals surface area contributed by atoms with E-state index in [0.29, 0.717) is 12.8 Å². The molecular formula is C69H121NO10. The van der Waals surface area contributed by atoms with Crippen molar-refractivity contribution in [2.75, 3.05) is 13.2 Å². The third-order valence-electron chi connectivity index (χ3n) is 15.0. The second kappa shape index (κ2) is 56.3. The number of amides is 1. The van der Waals surface area contributed by atoms with Crippen LogP contribution in [0.4, 0.5) is 0 Å². The number of aliphatic hydroxyl groups is 5. The first-order valence-electron chi connectivity index (χ1n) is 32.9. The first-order chi connectivity index (χ1) is 39.2. The zero-order chi connectivity index (χ0) is 58.2. The molecule has 1 heterocycles. The molecule has 6 N–H and O–H groups in total. The van der Waals surface area contributed by atoms with Crippen molar-refractivity contribution < 1.29 is 49.3 Å². The molecule has 80 heavy (non-hydrogen) atoms. The molecule has 0 aromatic heterocycles. The third kappa shape index (κ3) is 43.5. The lowest BCUT2D eigenvalue weighted by atomic mass is 9.99. The Balaban J connectivity index is 2.65. The highest BCUT2D eigenvalue weighted by molar-refractivity contribution is 5.80. The van der Waals surface area contributed by atoms with Gasteiger partial charge in [-0.05, 0) is 96.3 Å². The summed E-state index contributed by atoms with van der Waals surface area (Å²) < 4.78 is 17.6. The van der Waals surface area contributed by atoms with Crippen LogP contribution in [0.15, 0.2) is 85.1 Å². The van der Waals surface area contributed by atoms with Crippen molar-refractivity contribution in [2.45, 2.75) is 327 Å². The molecule has 8 unspecified atom stereocenters. The SMILES string of the molecule is CCCCC/C=C\C/C=C\C/C=C\C/C=C\CCC(O)C(=O)NC(COC1OC(CO)C(O)C(O)C1OC(=O)CCCCCCCCCCCCCCC/C=C\C/C=C\CCCCC)C(O)/C=C/CCCCCCCCCCCC. The Morgan fingerprint density at radius 1 is 0.487 bits per heavy atom. The Labute approximate surface area is 489 Å². The summed E-state index contributed by atoms with van der Waals surface area (Å²) in [7, 11) is 0. The van der Waals surface area contributed by atoms with Crippen LogP contribution >= 0.6 is 0 Å². The summed E-state index contributed by atoms with van der Waals surface area (Å²) in [4.78, 5) is 26.6. The van der Waals surface area contributed by atoms with Crippen LogP contribution in [0.2, 0.25) is 0 Å².